The molecule has 2 N–H and O–H groups in total. The van der Waals surface area contributed by atoms with E-state index in [2.05, 4.69) is 36.4 Å². The molecule has 0 radical (unpaired) electrons. The molecule has 1 unspecified atom stereocenters. The van der Waals surface area contributed by atoms with Crippen molar-refractivity contribution in [3.8, 4) is 0 Å². The van der Waals surface area contributed by atoms with Crippen molar-refractivity contribution in [1.29, 1.82) is 0 Å². The second kappa shape index (κ2) is 8.34. The van der Waals surface area contributed by atoms with Crippen molar-refractivity contribution in [3.05, 3.63) is 0 Å². The fourth-order valence-corrected chi connectivity index (χ4v) is 1.91. The highest BCUT2D eigenvalue weighted by molar-refractivity contribution is 7.90. The Bertz CT molecular complexity index is 350. The third-order valence-corrected chi connectivity index (χ3v) is 3.49. The summed E-state index contributed by atoms with van der Waals surface area (Å²) in [7, 11) is -1.24. The molecule has 0 amide bonds. The average molecular weight is 277 g/mol. The molecular formula is C12H27N3O2S. The fraction of sp³-hybridized carbons (Fsp3) is 0.917. The predicted molar refractivity (Wildman–Crippen MR) is 77.7 cm³/mol. The van der Waals surface area contributed by atoms with E-state index >= 15 is 0 Å². The number of hydrogen-bond acceptors (Lipinski definition) is 3. The Kier molecular flexibility index (Phi) is 7.98. The number of rotatable bonds is 7. The van der Waals surface area contributed by atoms with Gasteiger partial charge < -0.3 is 10.6 Å². The lowest BCUT2D eigenvalue weighted by atomic mass is 10.0. The van der Waals surface area contributed by atoms with Gasteiger partial charge >= 0.3 is 0 Å². The lowest BCUT2D eigenvalue weighted by molar-refractivity contribution is 0.489. The summed E-state index contributed by atoms with van der Waals surface area (Å²) in [4.78, 5) is 4.07. The van der Waals surface area contributed by atoms with Gasteiger partial charge in [-0.15, -0.1) is 0 Å². The summed E-state index contributed by atoms with van der Waals surface area (Å²) in [5.74, 6) is 1.47. The van der Waals surface area contributed by atoms with Crippen molar-refractivity contribution in [2.24, 2.45) is 10.9 Å². The molecule has 1 atom stereocenters. The summed E-state index contributed by atoms with van der Waals surface area (Å²) in [5.41, 5.74) is 0. The topological polar surface area (TPSA) is 70.6 Å². The first-order valence-corrected chi connectivity index (χ1v) is 8.45. The molecule has 0 aliphatic carbocycles. The van der Waals surface area contributed by atoms with Crippen LogP contribution >= 0.6 is 0 Å². The van der Waals surface area contributed by atoms with Crippen LogP contribution in [-0.4, -0.2) is 46.0 Å². The Balaban J connectivity index is 3.97. The van der Waals surface area contributed by atoms with E-state index in [1.54, 1.807) is 7.05 Å². The SMILES string of the molecule is CN=C(NCCS(C)(=O)=O)NC(C)CCC(C)C. The third-order valence-electron chi connectivity index (χ3n) is 2.55. The largest absolute Gasteiger partial charge is 0.355 e. The van der Waals surface area contributed by atoms with Gasteiger partial charge in [-0.3, -0.25) is 4.99 Å². The van der Waals surface area contributed by atoms with E-state index in [0.29, 0.717) is 24.5 Å². The first-order valence-electron chi connectivity index (χ1n) is 6.39. The second-order valence-electron chi connectivity index (χ2n) is 5.15. The molecule has 0 fully saturated rings. The number of nitrogens with zero attached hydrogens (tertiary/aromatic N) is 1. The molecule has 0 aliphatic heterocycles. The molecule has 108 valence electrons. The van der Waals surface area contributed by atoms with E-state index in [9.17, 15) is 8.42 Å². The molecule has 0 aromatic heterocycles. The molecule has 0 spiro atoms. The van der Waals surface area contributed by atoms with Crippen molar-refractivity contribution in [3.63, 3.8) is 0 Å². The fourth-order valence-electron chi connectivity index (χ4n) is 1.44. The maximum absolute atomic E-state index is 11.0. The minimum absolute atomic E-state index is 0.119. The van der Waals surface area contributed by atoms with E-state index in [4.69, 9.17) is 0 Å². The van der Waals surface area contributed by atoms with Gasteiger partial charge in [0.05, 0.1) is 5.75 Å². The van der Waals surface area contributed by atoms with Gasteiger partial charge in [-0.05, 0) is 25.7 Å². The van der Waals surface area contributed by atoms with E-state index in [1.165, 1.54) is 6.26 Å². The van der Waals surface area contributed by atoms with Crippen LogP contribution in [0.2, 0.25) is 0 Å². The molecule has 0 saturated carbocycles. The summed E-state index contributed by atoms with van der Waals surface area (Å²) < 4.78 is 22.0. The summed E-state index contributed by atoms with van der Waals surface area (Å²) in [6, 6.07) is 0.330. The van der Waals surface area contributed by atoms with Gasteiger partial charge in [0.25, 0.3) is 0 Å². The molecule has 5 nitrogen and oxygen atoms in total. The van der Waals surface area contributed by atoms with E-state index in [0.717, 1.165) is 12.8 Å². The van der Waals surface area contributed by atoms with Crippen LogP contribution in [0.15, 0.2) is 4.99 Å². The number of guanidine groups is 1. The quantitative estimate of drug-likeness (QED) is 0.538. The first-order chi connectivity index (χ1) is 8.24. The molecule has 6 heteroatoms. The predicted octanol–water partition coefficient (Wildman–Crippen LogP) is 1.02. The third kappa shape index (κ3) is 10.4. The highest BCUT2D eigenvalue weighted by atomic mass is 32.2. The molecule has 0 rings (SSSR count). The zero-order valence-corrected chi connectivity index (χ0v) is 13.0. The summed E-state index contributed by atoms with van der Waals surface area (Å²) >= 11 is 0. The number of aliphatic imine (C=N–C) groups is 1. The smallest absolute Gasteiger partial charge is 0.191 e. The first kappa shape index (κ1) is 17.2. The minimum atomic E-state index is -2.92. The Labute approximate surface area is 111 Å². The van der Waals surface area contributed by atoms with Crippen LogP contribution in [0.4, 0.5) is 0 Å². The van der Waals surface area contributed by atoms with Crippen LogP contribution in [0.1, 0.15) is 33.6 Å². The van der Waals surface area contributed by atoms with Crippen LogP contribution in [0, 0.1) is 5.92 Å². The molecule has 18 heavy (non-hydrogen) atoms. The molecule has 0 heterocycles. The van der Waals surface area contributed by atoms with E-state index in [-0.39, 0.29) is 5.75 Å². The highest BCUT2D eigenvalue weighted by Gasteiger charge is 2.07. The summed E-state index contributed by atoms with van der Waals surface area (Å²) in [5, 5.41) is 6.26. The minimum Gasteiger partial charge on any atom is -0.355 e. The van der Waals surface area contributed by atoms with E-state index in [1.807, 2.05) is 0 Å². The van der Waals surface area contributed by atoms with E-state index < -0.39 is 9.84 Å². The molecule has 0 aliphatic rings. The van der Waals surface area contributed by atoms with Crippen molar-refractivity contribution in [2.75, 3.05) is 25.6 Å². The lowest BCUT2D eigenvalue weighted by Crippen LogP contribution is -2.43. The maximum atomic E-state index is 11.0. The molecular weight excluding hydrogens is 250 g/mol. The maximum Gasteiger partial charge on any atom is 0.191 e. The van der Waals surface area contributed by atoms with Gasteiger partial charge in [0.15, 0.2) is 5.96 Å². The Morgan fingerprint density at radius 3 is 2.28 bits per heavy atom. The molecule has 0 saturated heterocycles. The molecule has 0 aromatic carbocycles. The van der Waals surface area contributed by atoms with Gasteiger partial charge in [-0.2, -0.15) is 0 Å². The summed E-state index contributed by atoms with van der Waals surface area (Å²) in [6.45, 7) is 6.89. The van der Waals surface area contributed by atoms with Crippen molar-refractivity contribution in [2.45, 2.75) is 39.7 Å². The zero-order chi connectivity index (χ0) is 14.2. The highest BCUT2D eigenvalue weighted by Crippen LogP contribution is 2.06. The van der Waals surface area contributed by atoms with Crippen LogP contribution in [0.25, 0.3) is 0 Å². The second-order valence-corrected chi connectivity index (χ2v) is 7.41. The standard InChI is InChI=1S/C12H27N3O2S/c1-10(2)6-7-11(3)15-12(13-4)14-8-9-18(5,16)17/h10-11H,6-9H2,1-5H3,(H2,13,14,15). The molecule has 0 aromatic rings. The monoisotopic (exact) mass is 277 g/mol. The number of nitrogens with one attached hydrogen (secondary N) is 2. The van der Waals surface area contributed by atoms with Crippen LogP contribution in [-0.2, 0) is 9.84 Å². The Morgan fingerprint density at radius 2 is 1.83 bits per heavy atom. The number of sulfone groups is 1. The van der Waals surface area contributed by atoms with Crippen molar-refractivity contribution in [1.82, 2.24) is 10.6 Å². The van der Waals surface area contributed by atoms with Gasteiger partial charge in [-0.1, -0.05) is 13.8 Å². The Hall–Kier alpha value is -0.780. The normalized spacial score (nSPS) is 14.7. The zero-order valence-electron chi connectivity index (χ0n) is 12.2. The van der Waals surface area contributed by atoms with Gasteiger partial charge in [0, 0.05) is 25.9 Å². The lowest BCUT2D eigenvalue weighted by Gasteiger charge is -2.18. The van der Waals surface area contributed by atoms with Crippen molar-refractivity contribution >= 4 is 15.8 Å². The molecule has 0 bridgehead atoms. The van der Waals surface area contributed by atoms with Gasteiger partial charge in [-0.25, -0.2) is 8.42 Å². The van der Waals surface area contributed by atoms with Crippen LogP contribution in [0.3, 0.4) is 0 Å². The number of hydrogen-bond donors (Lipinski definition) is 2. The van der Waals surface area contributed by atoms with Crippen LogP contribution < -0.4 is 10.6 Å². The average Bonchev–Trinajstić information content (AvgIpc) is 2.23. The van der Waals surface area contributed by atoms with Crippen molar-refractivity contribution < 1.29 is 8.42 Å². The van der Waals surface area contributed by atoms with Gasteiger partial charge in [0.1, 0.15) is 9.84 Å². The van der Waals surface area contributed by atoms with Gasteiger partial charge in [0.2, 0.25) is 0 Å². The Morgan fingerprint density at radius 1 is 1.22 bits per heavy atom. The summed E-state index contributed by atoms with van der Waals surface area (Å²) in [6.07, 6.45) is 3.47. The van der Waals surface area contributed by atoms with Crippen LogP contribution in [0.5, 0.6) is 0 Å².